The highest BCUT2D eigenvalue weighted by molar-refractivity contribution is 14.0. The molecule has 1 aromatic rings. The van der Waals surface area contributed by atoms with Crippen molar-refractivity contribution in [1.82, 2.24) is 10.2 Å². The molecule has 2 heterocycles. The lowest BCUT2D eigenvalue weighted by molar-refractivity contribution is 0.153. The van der Waals surface area contributed by atoms with E-state index in [0.29, 0.717) is 0 Å². The maximum Gasteiger partial charge on any atom is 0.193 e. The Balaban J connectivity index is 0.00000225. The zero-order valence-electron chi connectivity index (χ0n) is 15.1. The highest BCUT2D eigenvalue weighted by Crippen LogP contribution is 2.21. The number of likely N-dealkylation sites (tertiary alicyclic amines) is 1. The fourth-order valence-electron chi connectivity index (χ4n) is 3.60. The van der Waals surface area contributed by atoms with Crippen molar-refractivity contribution in [3.63, 3.8) is 0 Å². The molecule has 0 aromatic heterocycles. The zero-order valence-corrected chi connectivity index (χ0v) is 17.4. The van der Waals surface area contributed by atoms with Crippen LogP contribution in [0.15, 0.2) is 47.0 Å². The lowest BCUT2D eigenvalue weighted by atomic mass is 9.99. The quantitative estimate of drug-likeness (QED) is 0.320. The van der Waals surface area contributed by atoms with Crippen molar-refractivity contribution >= 4 is 29.9 Å². The molecule has 1 aromatic carbocycles. The Morgan fingerprint density at radius 3 is 2.88 bits per heavy atom. The van der Waals surface area contributed by atoms with Crippen molar-refractivity contribution in [2.45, 2.75) is 25.7 Å². The smallest absolute Gasteiger partial charge is 0.193 e. The van der Waals surface area contributed by atoms with Gasteiger partial charge in [-0.15, -0.1) is 24.0 Å². The summed E-state index contributed by atoms with van der Waals surface area (Å²) >= 11 is 0. The normalized spacial score (nSPS) is 20.8. The summed E-state index contributed by atoms with van der Waals surface area (Å²) in [5.41, 5.74) is 2.95. The van der Waals surface area contributed by atoms with Gasteiger partial charge in [0, 0.05) is 26.7 Å². The SMILES string of the molecule is CN=C(NCCC1=CCOCC1)N1CCC(Cc2ccccc2)C1.I. The van der Waals surface area contributed by atoms with E-state index in [2.05, 4.69) is 51.6 Å². The number of guanidine groups is 1. The maximum absolute atomic E-state index is 5.36. The molecule has 0 bridgehead atoms. The summed E-state index contributed by atoms with van der Waals surface area (Å²) in [5, 5.41) is 3.54. The van der Waals surface area contributed by atoms with Crippen molar-refractivity contribution in [3.8, 4) is 0 Å². The monoisotopic (exact) mass is 455 g/mol. The molecule has 0 radical (unpaired) electrons. The van der Waals surface area contributed by atoms with Crippen LogP contribution in [0.5, 0.6) is 0 Å². The number of aliphatic imine (C=N–C) groups is 1. The van der Waals surface area contributed by atoms with E-state index >= 15 is 0 Å². The number of halogens is 1. The molecule has 25 heavy (non-hydrogen) atoms. The predicted molar refractivity (Wildman–Crippen MR) is 115 cm³/mol. The Hall–Kier alpha value is -1.08. The van der Waals surface area contributed by atoms with Crippen molar-refractivity contribution in [2.75, 3.05) is 39.9 Å². The van der Waals surface area contributed by atoms with Gasteiger partial charge in [0.2, 0.25) is 0 Å². The molecule has 0 spiro atoms. The number of hydrogen-bond donors (Lipinski definition) is 1. The van der Waals surface area contributed by atoms with E-state index in [-0.39, 0.29) is 24.0 Å². The Kier molecular flexibility index (Phi) is 8.75. The fraction of sp³-hybridized carbons (Fsp3) is 0.550. The van der Waals surface area contributed by atoms with Crippen LogP contribution >= 0.6 is 24.0 Å². The molecule has 0 aliphatic carbocycles. The van der Waals surface area contributed by atoms with Gasteiger partial charge in [-0.05, 0) is 37.2 Å². The number of hydrogen-bond acceptors (Lipinski definition) is 2. The number of rotatable bonds is 5. The lowest BCUT2D eigenvalue weighted by Gasteiger charge is -2.22. The molecule has 1 unspecified atom stereocenters. The maximum atomic E-state index is 5.36. The van der Waals surface area contributed by atoms with E-state index in [1.54, 1.807) is 0 Å². The van der Waals surface area contributed by atoms with Crippen LogP contribution in [0.2, 0.25) is 0 Å². The van der Waals surface area contributed by atoms with E-state index in [9.17, 15) is 0 Å². The first-order valence-electron chi connectivity index (χ1n) is 9.10. The van der Waals surface area contributed by atoms with E-state index in [0.717, 1.165) is 57.6 Å². The first kappa shape index (κ1) is 20.2. The van der Waals surface area contributed by atoms with E-state index < -0.39 is 0 Å². The van der Waals surface area contributed by atoms with Gasteiger partial charge in [-0.2, -0.15) is 0 Å². The molecule has 1 atom stereocenters. The Bertz CT molecular complexity index is 574. The van der Waals surface area contributed by atoms with Gasteiger partial charge in [-0.1, -0.05) is 42.0 Å². The molecule has 3 rings (SSSR count). The largest absolute Gasteiger partial charge is 0.377 e. The molecule has 0 saturated carbocycles. The minimum Gasteiger partial charge on any atom is -0.377 e. The van der Waals surface area contributed by atoms with E-state index in [1.165, 1.54) is 24.0 Å². The van der Waals surface area contributed by atoms with Gasteiger partial charge in [-0.25, -0.2) is 0 Å². The zero-order chi connectivity index (χ0) is 16.6. The third-order valence-electron chi connectivity index (χ3n) is 4.95. The third kappa shape index (κ3) is 6.29. The van der Waals surface area contributed by atoms with Gasteiger partial charge < -0.3 is 15.0 Å². The minimum absolute atomic E-state index is 0. The summed E-state index contributed by atoms with van der Waals surface area (Å²) in [7, 11) is 1.89. The van der Waals surface area contributed by atoms with Crippen molar-refractivity contribution in [1.29, 1.82) is 0 Å². The van der Waals surface area contributed by atoms with Crippen molar-refractivity contribution in [2.24, 2.45) is 10.9 Å². The molecule has 2 aliphatic heterocycles. The fourth-order valence-corrected chi connectivity index (χ4v) is 3.60. The van der Waals surface area contributed by atoms with Gasteiger partial charge in [0.1, 0.15) is 0 Å². The Morgan fingerprint density at radius 1 is 1.32 bits per heavy atom. The first-order valence-corrected chi connectivity index (χ1v) is 9.10. The summed E-state index contributed by atoms with van der Waals surface area (Å²) in [5.74, 6) is 1.78. The second-order valence-corrected chi connectivity index (χ2v) is 6.70. The van der Waals surface area contributed by atoms with Crippen LogP contribution in [0.25, 0.3) is 0 Å². The van der Waals surface area contributed by atoms with Crippen LogP contribution in [0, 0.1) is 5.92 Å². The standard InChI is InChI=1S/C20H29N3O.HI/c1-21-20(22-11-7-17-9-13-24-14-10-17)23-12-8-19(16-23)15-18-5-3-2-4-6-18;/h2-6,9,19H,7-8,10-16H2,1H3,(H,21,22);1H. The minimum atomic E-state index is 0. The Labute approximate surface area is 168 Å². The third-order valence-corrected chi connectivity index (χ3v) is 4.95. The van der Waals surface area contributed by atoms with E-state index in [4.69, 9.17) is 4.74 Å². The molecule has 1 saturated heterocycles. The second-order valence-electron chi connectivity index (χ2n) is 6.70. The molecule has 1 fully saturated rings. The lowest BCUT2D eigenvalue weighted by Crippen LogP contribution is -2.40. The highest BCUT2D eigenvalue weighted by Gasteiger charge is 2.24. The molecule has 0 amide bonds. The van der Waals surface area contributed by atoms with Crippen LogP contribution in [0.4, 0.5) is 0 Å². The average molecular weight is 455 g/mol. The van der Waals surface area contributed by atoms with Gasteiger partial charge >= 0.3 is 0 Å². The molecule has 2 aliphatic rings. The molecular weight excluding hydrogens is 425 g/mol. The van der Waals surface area contributed by atoms with Crippen molar-refractivity contribution < 1.29 is 4.74 Å². The Morgan fingerprint density at radius 2 is 2.16 bits per heavy atom. The molecule has 138 valence electrons. The summed E-state index contributed by atoms with van der Waals surface area (Å²) in [6.45, 7) is 4.81. The van der Waals surface area contributed by atoms with Crippen LogP contribution < -0.4 is 5.32 Å². The number of benzene rings is 1. The second kappa shape index (κ2) is 10.8. The van der Waals surface area contributed by atoms with E-state index in [1.807, 2.05) is 7.05 Å². The van der Waals surface area contributed by atoms with Gasteiger partial charge in [0.15, 0.2) is 5.96 Å². The van der Waals surface area contributed by atoms with Crippen LogP contribution in [0.3, 0.4) is 0 Å². The molecule has 4 nitrogen and oxygen atoms in total. The predicted octanol–water partition coefficient (Wildman–Crippen LogP) is 3.48. The molecule has 1 N–H and O–H groups in total. The molecule has 5 heteroatoms. The average Bonchev–Trinajstić information content (AvgIpc) is 3.09. The van der Waals surface area contributed by atoms with Gasteiger partial charge in [-0.3, -0.25) is 4.99 Å². The van der Waals surface area contributed by atoms with Crippen LogP contribution in [0.1, 0.15) is 24.8 Å². The number of nitrogens with one attached hydrogen (secondary N) is 1. The summed E-state index contributed by atoms with van der Waals surface area (Å²) < 4.78 is 5.36. The topological polar surface area (TPSA) is 36.9 Å². The number of nitrogens with zero attached hydrogens (tertiary/aromatic N) is 2. The van der Waals surface area contributed by atoms with Crippen LogP contribution in [-0.4, -0.2) is 50.8 Å². The number of ether oxygens (including phenoxy) is 1. The first-order chi connectivity index (χ1) is 11.8. The molecular formula is C20H30IN3O. The van der Waals surface area contributed by atoms with Gasteiger partial charge in [0.05, 0.1) is 13.2 Å². The van der Waals surface area contributed by atoms with Gasteiger partial charge in [0.25, 0.3) is 0 Å². The summed E-state index contributed by atoms with van der Waals surface area (Å²) in [4.78, 5) is 6.89. The summed E-state index contributed by atoms with van der Waals surface area (Å²) in [6, 6.07) is 10.8. The highest BCUT2D eigenvalue weighted by atomic mass is 127. The van der Waals surface area contributed by atoms with Crippen molar-refractivity contribution in [3.05, 3.63) is 47.5 Å². The van der Waals surface area contributed by atoms with Crippen LogP contribution in [-0.2, 0) is 11.2 Å². The summed E-state index contributed by atoms with van der Waals surface area (Å²) in [6.07, 6.45) is 6.80.